The molecule has 0 aliphatic carbocycles. The Morgan fingerprint density at radius 2 is 1.83 bits per heavy atom. The molecule has 0 unspecified atom stereocenters. The van der Waals surface area contributed by atoms with Gasteiger partial charge in [-0.3, -0.25) is 0 Å². The lowest BCUT2D eigenvalue weighted by molar-refractivity contribution is 0.808. The Hall–Kier alpha value is -1.07. The molecule has 0 radical (unpaired) electrons. The van der Waals surface area contributed by atoms with Gasteiger partial charge in [0.2, 0.25) is 0 Å². The zero-order valence-corrected chi connectivity index (χ0v) is 12.6. The van der Waals surface area contributed by atoms with Crippen molar-refractivity contribution in [1.82, 2.24) is 9.97 Å². The monoisotopic (exact) mass is 323 g/mol. The first-order valence-electron chi connectivity index (χ1n) is 5.61. The van der Waals surface area contributed by atoms with Crippen LogP contribution in [0.2, 0.25) is 0 Å². The Kier molecular flexibility index (Phi) is 4.24. The van der Waals surface area contributed by atoms with E-state index in [4.69, 9.17) is 5.73 Å². The maximum atomic E-state index is 5.93. The molecule has 3 nitrogen and oxygen atoms in total. The van der Waals surface area contributed by atoms with E-state index in [9.17, 15) is 0 Å². The fraction of sp³-hybridized carbons (Fsp3) is 0.231. The zero-order chi connectivity index (χ0) is 13.1. The quantitative estimate of drug-likeness (QED) is 0.864. The number of rotatable bonds is 3. The molecule has 0 atom stereocenters. The van der Waals surface area contributed by atoms with Crippen molar-refractivity contribution in [2.45, 2.75) is 29.7 Å². The number of aromatic nitrogens is 2. The summed E-state index contributed by atoms with van der Waals surface area (Å²) in [7, 11) is 0. The second-order valence-electron chi connectivity index (χ2n) is 4.19. The molecule has 1 aromatic heterocycles. The standard InChI is InChI=1S/C13H14BrN3S/c1-8(2)11-12(15)16-7-17-13(11)18-10-5-3-9(14)4-6-10/h3-8H,1-2H3,(H2,15,16,17). The lowest BCUT2D eigenvalue weighted by Gasteiger charge is -2.12. The van der Waals surface area contributed by atoms with Gasteiger partial charge in [-0.25, -0.2) is 9.97 Å². The summed E-state index contributed by atoms with van der Waals surface area (Å²) >= 11 is 5.04. The smallest absolute Gasteiger partial charge is 0.131 e. The summed E-state index contributed by atoms with van der Waals surface area (Å²) in [6.07, 6.45) is 1.52. The van der Waals surface area contributed by atoms with Gasteiger partial charge in [-0.05, 0) is 30.2 Å². The highest BCUT2D eigenvalue weighted by Crippen LogP contribution is 2.34. The number of nitrogens with two attached hydrogens (primary N) is 1. The fourth-order valence-corrected chi connectivity index (χ4v) is 2.94. The van der Waals surface area contributed by atoms with E-state index in [1.807, 2.05) is 12.1 Å². The maximum Gasteiger partial charge on any atom is 0.131 e. The third-order valence-corrected chi connectivity index (χ3v) is 4.04. The van der Waals surface area contributed by atoms with Gasteiger partial charge in [0.25, 0.3) is 0 Å². The highest BCUT2D eigenvalue weighted by molar-refractivity contribution is 9.10. The summed E-state index contributed by atoms with van der Waals surface area (Å²) in [4.78, 5) is 9.54. The first-order chi connectivity index (χ1) is 8.58. The number of halogens is 1. The normalized spacial score (nSPS) is 10.9. The van der Waals surface area contributed by atoms with Crippen LogP contribution in [0.1, 0.15) is 25.3 Å². The van der Waals surface area contributed by atoms with Crippen LogP contribution in [0.25, 0.3) is 0 Å². The van der Waals surface area contributed by atoms with Crippen molar-refractivity contribution in [1.29, 1.82) is 0 Å². The average molecular weight is 324 g/mol. The van der Waals surface area contributed by atoms with E-state index >= 15 is 0 Å². The molecule has 18 heavy (non-hydrogen) atoms. The fourth-order valence-electron chi connectivity index (χ4n) is 1.63. The van der Waals surface area contributed by atoms with Gasteiger partial charge in [0.15, 0.2) is 0 Å². The van der Waals surface area contributed by atoms with Crippen molar-refractivity contribution in [3.63, 3.8) is 0 Å². The second-order valence-corrected chi connectivity index (χ2v) is 6.17. The van der Waals surface area contributed by atoms with Crippen molar-refractivity contribution in [2.75, 3.05) is 5.73 Å². The summed E-state index contributed by atoms with van der Waals surface area (Å²) in [5, 5.41) is 0.930. The van der Waals surface area contributed by atoms with E-state index in [1.54, 1.807) is 11.8 Å². The van der Waals surface area contributed by atoms with Crippen molar-refractivity contribution >= 4 is 33.5 Å². The summed E-state index contributed by atoms with van der Waals surface area (Å²) in [5.74, 6) is 0.878. The van der Waals surface area contributed by atoms with E-state index in [-0.39, 0.29) is 0 Å². The predicted molar refractivity (Wildman–Crippen MR) is 78.8 cm³/mol. The van der Waals surface area contributed by atoms with E-state index in [1.165, 1.54) is 6.33 Å². The molecule has 0 amide bonds. The van der Waals surface area contributed by atoms with Gasteiger partial charge in [-0.15, -0.1) is 0 Å². The first-order valence-corrected chi connectivity index (χ1v) is 7.22. The minimum atomic E-state index is 0.309. The van der Waals surface area contributed by atoms with E-state index < -0.39 is 0 Å². The van der Waals surface area contributed by atoms with Crippen LogP contribution < -0.4 is 5.73 Å². The molecule has 0 saturated carbocycles. The molecule has 0 aliphatic heterocycles. The Balaban J connectivity index is 2.34. The minimum absolute atomic E-state index is 0.309. The largest absolute Gasteiger partial charge is 0.383 e. The van der Waals surface area contributed by atoms with Crippen molar-refractivity contribution in [3.05, 3.63) is 40.6 Å². The van der Waals surface area contributed by atoms with Crippen molar-refractivity contribution < 1.29 is 0 Å². The SMILES string of the molecule is CC(C)c1c(N)ncnc1Sc1ccc(Br)cc1. The van der Waals surface area contributed by atoms with E-state index in [2.05, 4.69) is 51.9 Å². The van der Waals surface area contributed by atoms with Gasteiger partial charge in [0.05, 0.1) is 0 Å². The molecule has 5 heteroatoms. The Labute approximate surface area is 119 Å². The Morgan fingerprint density at radius 3 is 2.44 bits per heavy atom. The number of nitrogens with zero attached hydrogens (tertiary/aromatic N) is 2. The highest BCUT2D eigenvalue weighted by atomic mass is 79.9. The number of hydrogen-bond acceptors (Lipinski definition) is 4. The van der Waals surface area contributed by atoms with Gasteiger partial charge >= 0.3 is 0 Å². The Morgan fingerprint density at radius 1 is 1.17 bits per heavy atom. The third kappa shape index (κ3) is 3.03. The van der Waals surface area contributed by atoms with Gasteiger partial charge in [0.1, 0.15) is 17.2 Å². The maximum absolute atomic E-state index is 5.93. The van der Waals surface area contributed by atoms with E-state index in [0.717, 1.165) is 20.0 Å². The molecule has 0 saturated heterocycles. The van der Waals surface area contributed by atoms with Crippen molar-refractivity contribution in [3.8, 4) is 0 Å². The zero-order valence-electron chi connectivity index (χ0n) is 10.2. The van der Waals surface area contributed by atoms with Crippen LogP contribution in [0.15, 0.2) is 45.0 Å². The van der Waals surface area contributed by atoms with Gasteiger partial charge in [0, 0.05) is 14.9 Å². The number of anilines is 1. The summed E-state index contributed by atoms with van der Waals surface area (Å²) in [6, 6.07) is 8.14. The van der Waals surface area contributed by atoms with Crippen LogP contribution >= 0.6 is 27.7 Å². The summed E-state index contributed by atoms with van der Waals surface area (Å²) in [6.45, 7) is 4.20. The van der Waals surface area contributed by atoms with Crippen LogP contribution in [0.3, 0.4) is 0 Å². The molecule has 2 aromatic rings. The highest BCUT2D eigenvalue weighted by Gasteiger charge is 2.13. The molecule has 2 N–H and O–H groups in total. The van der Waals surface area contributed by atoms with Crippen LogP contribution in [-0.2, 0) is 0 Å². The summed E-state index contributed by atoms with van der Waals surface area (Å²) in [5.41, 5.74) is 6.95. The molecule has 94 valence electrons. The van der Waals surface area contributed by atoms with Crippen LogP contribution in [-0.4, -0.2) is 9.97 Å². The molecule has 0 bridgehead atoms. The van der Waals surface area contributed by atoms with E-state index in [0.29, 0.717) is 11.7 Å². The molecule has 0 fully saturated rings. The third-order valence-electron chi connectivity index (χ3n) is 2.48. The molecule has 1 heterocycles. The van der Waals surface area contributed by atoms with Gasteiger partial charge in [-0.2, -0.15) is 0 Å². The van der Waals surface area contributed by atoms with Crippen LogP contribution in [0, 0.1) is 0 Å². The van der Waals surface area contributed by atoms with Gasteiger partial charge < -0.3 is 5.73 Å². The molecule has 2 rings (SSSR count). The van der Waals surface area contributed by atoms with Crippen LogP contribution in [0.4, 0.5) is 5.82 Å². The lowest BCUT2D eigenvalue weighted by atomic mass is 10.1. The van der Waals surface area contributed by atoms with Crippen molar-refractivity contribution in [2.24, 2.45) is 0 Å². The molecular formula is C13H14BrN3S. The first kappa shape index (κ1) is 13.4. The lowest BCUT2D eigenvalue weighted by Crippen LogP contribution is -2.03. The number of hydrogen-bond donors (Lipinski definition) is 1. The van der Waals surface area contributed by atoms with Gasteiger partial charge in [-0.1, -0.05) is 41.5 Å². The Bertz CT molecular complexity index is 540. The summed E-state index contributed by atoms with van der Waals surface area (Å²) < 4.78 is 1.07. The molecular weight excluding hydrogens is 310 g/mol. The topological polar surface area (TPSA) is 51.8 Å². The van der Waals surface area contributed by atoms with Crippen LogP contribution in [0.5, 0.6) is 0 Å². The molecule has 0 aliphatic rings. The molecule has 1 aromatic carbocycles. The average Bonchev–Trinajstić information content (AvgIpc) is 2.32. The number of benzene rings is 1. The molecule has 0 spiro atoms. The number of nitrogen functional groups attached to an aromatic ring is 1. The second kappa shape index (κ2) is 5.71. The predicted octanol–water partition coefficient (Wildman–Crippen LogP) is 4.10. The minimum Gasteiger partial charge on any atom is -0.383 e.